The third-order valence-corrected chi connectivity index (χ3v) is 3.41. The van der Waals surface area contributed by atoms with Crippen molar-refractivity contribution in [3.8, 4) is 11.5 Å². The normalized spacial score (nSPS) is 10.9. The second-order valence-electron chi connectivity index (χ2n) is 5.16. The summed E-state index contributed by atoms with van der Waals surface area (Å²) < 4.78 is 5.08. The molecule has 0 saturated heterocycles. The zero-order valence-corrected chi connectivity index (χ0v) is 13.9. The van der Waals surface area contributed by atoms with Gasteiger partial charge in [0.15, 0.2) is 0 Å². The number of hydrogen-bond donors (Lipinski definition) is 3. The van der Waals surface area contributed by atoms with Crippen LogP contribution in [0.2, 0.25) is 0 Å². The van der Waals surface area contributed by atoms with Crippen LogP contribution in [-0.2, 0) is 4.79 Å². The maximum absolute atomic E-state index is 11.9. The first-order valence-corrected chi connectivity index (χ1v) is 7.55. The van der Waals surface area contributed by atoms with Gasteiger partial charge in [-0.15, -0.1) is 0 Å². The second kappa shape index (κ2) is 8.49. The molecule has 2 rings (SSSR count). The Morgan fingerprint density at radius 1 is 1.12 bits per heavy atom. The summed E-state index contributed by atoms with van der Waals surface area (Å²) >= 11 is 0. The number of rotatable bonds is 6. The summed E-state index contributed by atoms with van der Waals surface area (Å²) in [5.74, 6) is -0.429. The summed E-state index contributed by atoms with van der Waals surface area (Å²) in [7, 11) is 1.58. The van der Waals surface area contributed by atoms with E-state index < -0.39 is 11.8 Å². The number of phenols is 1. The van der Waals surface area contributed by atoms with E-state index in [4.69, 9.17) is 4.74 Å². The smallest absolute Gasteiger partial charge is 0.259 e. The minimum absolute atomic E-state index is 0.105. The third-order valence-electron chi connectivity index (χ3n) is 3.41. The topological polar surface area (TPSA) is 100 Å². The van der Waals surface area contributed by atoms with Gasteiger partial charge in [-0.25, -0.2) is 5.43 Å². The van der Waals surface area contributed by atoms with E-state index in [0.717, 1.165) is 11.3 Å². The van der Waals surface area contributed by atoms with Gasteiger partial charge in [0.1, 0.15) is 11.5 Å². The van der Waals surface area contributed by atoms with Crippen LogP contribution >= 0.6 is 0 Å². The summed E-state index contributed by atoms with van der Waals surface area (Å²) in [6, 6.07) is 13.3. The van der Waals surface area contributed by atoms with Gasteiger partial charge < -0.3 is 15.2 Å². The fourth-order valence-electron chi connectivity index (χ4n) is 2.00. The summed E-state index contributed by atoms with van der Waals surface area (Å²) in [6.45, 7) is 1.50. The van der Waals surface area contributed by atoms with E-state index >= 15 is 0 Å². The van der Waals surface area contributed by atoms with Crippen LogP contribution in [0.1, 0.15) is 22.8 Å². The number of hydrazone groups is 1. The molecule has 2 aromatic rings. The van der Waals surface area contributed by atoms with Crippen molar-refractivity contribution in [1.82, 2.24) is 10.7 Å². The van der Waals surface area contributed by atoms with Crippen molar-refractivity contribution in [3.63, 3.8) is 0 Å². The molecular formula is C18H19N3O4. The average molecular weight is 341 g/mol. The molecule has 3 N–H and O–H groups in total. The summed E-state index contributed by atoms with van der Waals surface area (Å²) in [5, 5.41) is 16.0. The molecule has 7 heteroatoms. The molecular weight excluding hydrogens is 322 g/mol. The average Bonchev–Trinajstić information content (AvgIpc) is 2.64. The van der Waals surface area contributed by atoms with Crippen LogP contribution < -0.4 is 15.5 Å². The third kappa shape index (κ3) is 5.07. The van der Waals surface area contributed by atoms with E-state index in [1.165, 1.54) is 12.1 Å². The van der Waals surface area contributed by atoms with Crippen LogP contribution in [0.5, 0.6) is 11.5 Å². The number of methoxy groups -OCH3 is 1. The van der Waals surface area contributed by atoms with Crippen molar-refractivity contribution >= 4 is 17.5 Å². The fraction of sp³-hybridized carbons (Fsp3) is 0.167. The van der Waals surface area contributed by atoms with E-state index in [0.29, 0.717) is 5.71 Å². The Hall–Kier alpha value is -3.35. The second-order valence-corrected chi connectivity index (χ2v) is 5.16. The highest BCUT2D eigenvalue weighted by Gasteiger charge is 2.11. The standard InChI is InChI=1S/C18H19N3O4/c1-12(13-7-9-14(25-2)10-8-13)20-21-17(23)11-19-18(24)15-5-3-4-6-16(15)22/h3-10,22H,11H2,1-2H3,(H,19,24)(H,21,23)/b20-12+. The number of phenolic OH excluding ortho intramolecular Hbond substituents is 1. The molecule has 25 heavy (non-hydrogen) atoms. The Balaban J connectivity index is 1.87. The molecule has 0 saturated carbocycles. The zero-order valence-electron chi connectivity index (χ0n) is 13.9. The summed E-state index contributed by atoms with van der Waals surface area (Å²) in [4.78, 5) is 23.7. The molecule has 0 aromatic heterocycles. The lowest BCUT2D eigenvalue weighted by Crippen LogP contribution is -2.35. The Kier molecular flexibility index (Phi) is 6.11. The Morgan fingerprint density at radius 2 is 1.80 bits per heavy atom. The van der Waals surface area contributed by atoms with E-state index in [9.17, 15) is 14.7 Å². The lowest BCUT2D eigenvalue weighted by atomic mass is 10.1. The van der Waals surface area contributed by atoms with Gasteiger partial charge in [0.25, 0.3) is 11.8 Å². The van der Waals surface area contributed by atoms with Gasteiger partial charge >= 0.3 is 0 Å². The SMILES string of the molecule is COc1ccc(/C(C)=N/NC(=O)CNC(=O)c2ccccc2O)cc1. The maximum Gasteiger partial charge on any atom is 0.259 e. The number of hydrogen-bond acceptors (Lipinski definition) is 5. The number of benzene rings is 2. The van der Waals surface area contributed by atoms with Gasteiger partial charge in [-0.3, -0.25) is 9.59 Å². The minimum Gasteiger partial charge on any atom is -0.507 e. The van der Waals surface area contributed by atoms with Crippen LogP contribution in [0.25, 0.3) is 0 Å². The number of aromatic hydroxyl groups is 1. The molecule has 0 unspecified atom stereocenters. The first-order chi connectivity index (χ1) is 12.0. The minimum atomic E-state index is -0.538. The number of para-hydroxylation sites is 1. The lowest BCUT2D eigenvalue weighted by Gasteiger charge is -2.07. The summed E-state index contributed by atoms with van der Waals surface area (Å²) in [6.07, 6.45) is 0. The van der Waals surface area contributed by atoms with E-state index in [2.05, 4.69) is 15.8 Å². The molecule has 0 radical (unpaired) electrons. The van der Waals surface area contributed by atoms with Gasteiger partial charge in [0.2, 0.25) is 0 Å². The van der Waals surface area contributed by atoms with Crippen LogP contribution in [0.15, 0.2) is 53.6 Å². The number of carbonyl (C=O) groups is 2. The molecule has 0 heterocycles. The molecule has 0 aliphatic rings. The molecule has 130 valence electrons. The fourth-order valence-corrected chi connectivity index (χ4v) is 2.00. The number of ether oxygens (including phenoxy) is 1. The highest BCUT2D eigenvalue weighted by atomic mass is 16.5. The first kappa shape index (κ1) is 18.0. The van der Waals surface area contributed by atoms with Gasteiger partial charge in [-0.2, -0.15) is 5.10 Å². The summed E-state index contributed by atoms with van der Waals surface area (Å²) in [5.41, 5.74) is 3.92. The molecule has 2 aromatic carbocycles. The Labute approximate surface area is 145 Å². The van der Waals surface area contributed by atoms with Gasteiger partial charge in [-0.05, 0) is 48.9 Å². The van der Waals surface area contributed by atoms with Gasteiger partial charge in [-0.1, -0.05) is 12.1 Å². The molecule has 7 nitrogen and oxygen atoms in total. The molecule has 0 aliphatic heterocycles. The number of carbonyl (C=O) groups excluding carboxylic acids is 2. The number of amides is 2. The quantitative estimate of drug-likeness (QED) is 0.550. The van der Waals surface area contributed by atoms with Crippen molar-refractivity contribution in [1.29, 1.82) is 0 Å². The highest BCUT2D eigenvalue weighted by molar-refractivity contribution is 6.00. The maximum atomic E-state index is 11.9. The van der Waals surface area contributed by atoms with Crippen molar-refractivity contribution in [2.24, 2.45) is 5.10 Å². The molecule has 0 atom stereocenters. The predicted octanol–water partition coefficient (Wildman–Crippen LogP) is 1.67. The molecule has 0 bridgehead atoms. The monoisotopic (exact) mass is 341 g/mol. The predicted molar refractivity (Wildman–Crippen MR) is 93.8 cm³/mol. The zero-order chi connectivity index (χ0) is 18.2. The van der Waals surface area contributed by atoms with Gasteiger partial charge in [0, 0.05) is 0 Å². The first-order valence-electron chi connectivity index (χ1n) is 7.55. The van der Waals surface area contributed by atoms with Crippen LogP contribution in [-0.4, -0.2) is 36.3 Å². The Bertz CT molecular complexity index is 785. The molecule has 2 amide bonds. The van der Waals surface area contributed by atoms with E-state index in [1.807, 2.05) is 12.1 Å². The molecule has 0 fully saturated rings. The van der Waals surface area contributed by atoms with Gasteiger partial charge in [0.05, 0.1) is 24.9 Å². The van der Waals surface area contributed by atoms with Crippen LogP contribution in [0, 0.1) is 0 Å². The Morgan fingerprint density at radius 3 is 2.44 bits per heavy atom. The van der Waals surface area contributed by atoms with Crippen molar-refractivity contribution in [3.05, 3.63) is 59.7 Å². The van der Waals surface area contributed by atoms with Crippen LogP contribution in [0.3, 0.4) is 0 Å². The number of nitrogens with zero attached hydrogens (tertiary/aromatic N) is 1. The van der Waals surface area contributed by atoms with Crippen molar-refractivity contribution in [2.45, 2.75) is 6.92 Å². The number of nitrogens with one attached hydrogen (secondary N) is 2. The van der Waals surface area contributed by atoms with Crippen molar-refractivity contribution in [2.75, 3.05) is 13.7 Å². The van der Waals surface area contributed by atoms with Crippen LogP contribution in [0.4, 0.5) is 0 Å². The molecule has 0 aliphatic carbocycles. The molecule has 0 spiro atoms. The highest BCUT2D eigenvalue weighted by Crippen LogP contribution is 2.14. The van der Waals surface area contributed by atoms with E-state index in [-0.39, 0.29) is 17.9 Å². The van der Waals surface area contributed by atoms with Crippen molar-refractivity contribution < 1.29 is 19.4 Å². The lowest BCUT2D eigenvalue weighted by molar-refractivity contribution is -0.120. The van der Waals surface area contributed by atoms with E-state index in [1.54, 1.807) is 38.3 Å². The largest absolute Gasteiger partial charge is 0.507 e.